The topological polar surface area (TPSA) is 108 Å². The Balaban J connectivity index is 1.92. The number of carboxylic acid groups (broad SMARTS) is 2. The van der Waals surface area contributed by atoms with Gasteiger partial charge in [0.2, 0.25) is 5.91 Å². The zero-order valence-corrected chi connectivity index (χ0v) is 12.1. The molecule has 0 aliphatic carbocycles. The van der Waals surface area contributed by atoms with Gasteiger partial charge in [-0.05, 0) is 36.8 Å². The molecule has 0 radical (unpaired) electrons. The van der Waals surface area contributed by atoms with E-state index in [1.54, 1.807) is 12.3 Å². The molecule has 0 unspecified atom stereocenters. The van der Waals surface area contributed by atoms with Gasteiger partial charge in [-0.3, -0.25) is 9.59 Å². The first-order valence-corrected chi connectivity index (χ1v) is 7.22. The van der Waals surface area contributed by atoms with Gasteiger partial charge in [0.1, 0.15) is 6.04 Å². The fourth-order valence-corrected chi connectivity index (χ4v) is 2.80. The van der Waals surface area contributed by atoms with E-state index in [-0.39, 0.29) is 24.7 Å². The van der Waals surface area contributed by atoms with Crippen LogP contribution in [0.2, 0.25) is 0 Å². The first-order chi connectivity index (χ1) is 10.5. The summed E-state index contributed by atoms with van der Waals surface area (Å²) in [6, 6.07) is 0.914. The number of likely N-dealkylation sites (tertiary alicyclic amines) is 1. The number of hydrogen-bond donors (Lipinski definition) is 2. The van der Waals surface area contributed by atoms with Gasteiger partial charge in [-0.15, -0.1) is 0 Å². The molecule has 2 rings (SSSR count). The van der Waals surface area contributed by atoms with Crippen molar-refractivity contribution in [3.8, 4) is 0 Å². The number of aryl methyl sites for hydroxylation is 1. The molecular formula is C15H19NO6. The van der Waals surface area contributed by atoms with E-state index in [9.17, 15) is 19.5 Å². The number of hydrogen-bond acceptors (Lipinski definition) is 4. The second kappa shape index (κ2) is 7.11. The number of carbonyl (C=O) groups is 3. The van der Waals surface area contributed by atoms with Crippen molar-refractivity contribution in [2.75, 3.05) is 6.54 Å². The summed E-state index contributed by atoms with van der Waals surface area (Å²) in [6.45, 7) is 0.314. The Morgan fingerprint density at radius 1 is 1.27 bits per heavy atom. The summed E-state index contributed by atoms with van der Waals surface area (Å²) in [5.74, 6) is -2.23. The first kappa shape index (κ1) is 16.1. The molecule has 7 nitrogen and oxygen atoms in total. The molecule has 7 heteroatoms. The van der Waals surface area contributed by atoms with Crippen molar-refractivity contribution < 1.29 is 29.0 Å². The Morgan fingerprint density at radius 2 is 2.05 bits per heavy atom. The molecule has 0 saturated carbocycles. The second-order valence-electron chi connectivity index (χ2n) is 5.57. The van der Waals surface area contributed by atoms with Gasteiger partial charge in [-0.25, -0.2) is 4.79 Å². The van der Waals surface area contributed by atoms with Crippen LogP contribution in [0.25, 0.3) is 0 Å². The highest BCUT2D eigenvalue weighted by atomic mass is 16.4. The second-order valence-corrected chi connectivity index (χ2v) is 5.57. The number of carboxylic acids is 2. The van der Waals surface area contributed by atoms with Crippen molar-refractivity contribution in [2.45, 2.75) is 38.1 Å². The molecule has 1 aliphatic heterocycles. The lowest BCUT2D eigenvalue weighted by molar-refractivity contribution is -0.148. The van der Waals surface area contributed by atoms with E-state index >= 15 is 0 Å². The van der Waals surface area contributed by atoms with Crippen molar-refractivity contribution in [3.05, 3.63) is 24.2 Å². The van der Waals surface area contributed by atoms with Crippen LogP contribution in [-0.4, -0.2) is 45.5 Å². The molecule has 120 valence electrons. The number of rotatable bonds is 7. The van der Waals surface area contributed by atoms with Crippen LogP contribution in [0.3, 0.4) is 0 Å². The van der Waals surface area contributed by atoms with E-state index in [4.69, 9.17) is 9.52 Å². The van der Waals surface area contributed by atoms with Gasteiger partial charge in [0.05, 0.1) is 12.5 Å². The van der Waals surface area contributed by atoms with E-state index in [2.05, 4.69) is 0 Å². The zero-order chi connectivity index (χ0) is 16.1. The normalized spacial score (nSPS) is 21.0. The number of nitrogens with zero attached hydrogens (tertiary/aromatic N) is 1. The third-order valence-electron chi connectivity index (χ3n) is 3.97. The molecule has 1 fully saturated rings. The predicted octanol–water partition coefficient (Wildman–Crippen LogP) is 1.38. The maximum atomic E-state index is 12.3. The van der Waals surface area contributed by atoms with Crippen molar-refractivity contribution in [1.29, 1.82) is 0 Å². The van der Waals surface area contributed by atoms with Crippen molar-refractivity contribution >= 4 is 17.8 Å². The first-order valence-electron chi connectivity index (χ1n) is 7.22. The molecule has 0 aromatic carbocycles. The van der Waals surface area contributed by atoms with Crippen LogP contribution in [0.1, 0.15) is 31.2 Å². The van der Waals surface area contributed by atoms with Crippen LogP contribution in [-0.2, 0) is 20.8 Å². The van der Waals surface area contributed by atoms with Gasteiger partial charge in [0.15, 0.2) is 0 Å². The number of furan rings is 1. The third-order valence-corrected chi connectivity index (χ3v) is 3.97. The molecule has 2 atom stereocenters. The molecule has 22 heavy (non-hydrogen) atoms. The van der Waals surface area contributed by atoms with Gasteiger partial charge in [0.25, 0.3) is 0 Å². The summed E-state index contributed by atoms with van der Waals surface area (Å²) < 4.78 is 4.93. The lowest BCUT2D eigenvalue weighted by atomic mass is 10.00. The van der Waals surface area contributed by atoms with E-state index in [0.717, 1.165) is 5.56 Å². The Hall–Kier alpha value is -2.31. The van der Waals surface area contributed by atoms with Gasteiger partial charge in [-0.2, -0.15) is 0 Å². The van der Waals surface area contributed by atoms with Gasteiger partial charge in [0, 0.05) is 19.4 Å². The minimum atomic E-state index is -1.03. The fourth-order valence-electron chi connectivity index (χ4n) is 2.80. The number of aliphatic carboxylic acids is 2. The maximum absolute atomic E-state index is 12.3. The van der Waals surface area contributed by atoms with Crippen LogP contribution in [0.15, 0.2) is 23.0 Å². The Labute approximate surface area is 127 Å². The SMILES string of the molecule is O=C(O)CC[C@@H]1C[C@H](C(=O)O)N(C(=O)CCc2ccoc2)C1. The maximum Gasteiger partial charge on any atom is 0.326 e. The van der Waals surface area contributed by atoms with Crippen LogP contribution in [0, 0.1) is 5.92 Å². The van der Waals surface area contributed by atoms with Crippen molar-refractivity contribution in [3.63, 3.8) is 0 Å². The predicted molar refractivity (Wildman–Crippen MR) is 75.1 cm³/mol. The molecule has 1 aromatic rings. The lowest BCUT2D eigenvalue weighted by Crippen LogP contribution is -2.40. The quantitative estimate of drug-likeness (QED) is 0.787. The fraction of sp³-hybridized carbons (Fsp3) is 0.533. The lowest BCUT2D eigenvalue weighted by Gasteiger charge is -2.21. The van der Waals surface area contributed by atoms with Crippen molar-refractivity contribution in [2.24, 2.45) is 5.92 Å². The molecular weight excluding hydrogens is 290 g/mol. The molecule has 1 saturated heterocycles. The Kier molecular flexibility index (Phi) is 5.19. The van der Waals surface area contributed by atoms with Crippen LogP contribution < -0.4 is 0 Å². The molecule has 2 N–H and O–H groups in total. The minimum absolute atomic E-state index is 0.00590. The van der Waals surface area contributed by atoms with E-state index < -0.39 is 18.0 Å². The van der Waals surface area contributed by atoms with E-state index in [0.29, 0.717) is 25.8 Å². The van der Waals surface area contributed by atoms with Crippen molar-refractivity contribution in [1.82, 2.24) is 4.90 Å². The Bertz CT molecular complexity index is 538. The van der Waals surface area contributed by atoms with Crippen LogP contribution in [0.5, 0.6) is 0 Å². The molecule has 2 heterocycles. The summed E-state index contributed by atoms with van der Waals surface area (Å²) in [6.07, 6.45) is 4.50. The largest absolute Gasteiger partial charge is 0.481 e. The van der Waals surface area contributed by atoms with E-state index in [1.165, 1.54) is 11.2 Å². The number of carbonyl (C=O) groups excluding carboxylic acids is 1. The standard InChI is InChI=1S/C15H19NO6/c17-13(3-1-10-5-6-22-9-10)16-8-11(2-4-14(18)19)7-12(16)15(20)21/h5-6,9,11-12H,1-4,7-8H2,(H,18,19)(H,20,21)/t11-,12-/m1/s1. The summed E-state index contributed by atoms with van der Waals surface area (Å²) in [4.78, 5) is 35.5. The summed E-state index contributed by atoms with van der Waals surface area (Å²) in [5, 5.41) is 18.0. The monoisotopic (exact) mass is 309 g/mol. The molecule has 0 spiro atoms. The molecule has 0 bridgehead atoms. The highest BCUT2D eigenvalue weighted by Gasteiger charge is 2.39. The summed E-state index contributed by atoms with van der Waals surface area (Å²) in [5.41, 5.74) is 0.891. The summed E-state index contributed by atoms with van der Waals surface area (Å²) >= 11 is 0. The molecule has 1 aliphatic rings. The highest BCUT2D eigenvalue weighted by molar-refractivity contribution is 5.84. The molecule has 1 amide bonds. The zero-order valence-electron chi connectivity index (χ0n) is 12.1. The van der Waals surface area contributed by atoms with Crippen LogP contribution in [0.4, 0.5) is 0 Å². The Morgan fingerprint density at radius 3 is 2.64 bits per heavy atom. The van der Waals surface area contributed by atoms with Gasteiger partial charge >= 0.3 is 11.9 Å². The van der Waals surface area contributed by atoms with Gasteiger partial charge < -0.3 is 19.5 Å². The average molecular weight is 309 g/mol. The number of amides is 1. The average Bonchev–Trinajstić information content (AvgIpc) is 3.11. The smallest absolute Gasteiger partial charge is 0.326 e. The van der Waals surface area contributed by atoms with E-state index in [1.807, 2.05) is 0 Å². The summed E-state index contributed by atoms with van der Waals surface area (Å²) in [7, 11) is 0. The highest BCUT2D eigenvalue weighted by Crippen LogP contribution is 2.28. The third kappa shape index (κ3) is 4.09. The van der Waals surface area contributed by atoms with Gasteiger partial charge in [-0.1, -0.05) is 0 Å². The minimum Gasteiger partial charge on any atom is -0.481 e. The molecule has 1 aromatic heterocycles. The van der Waals surface area contributed by atoms with Crippen LogP contribution >= 0.6 is 0 Å².